The third kappa shape index (κ3) is 11.4. The third-order valence-corrected chi connectivity index (χ3v) is 6.15. The summed E-state index contributed by atoms with van der Waals surface area (Å²) in [6, 6.07) is 0.415. The summed E-state index contributed by atoms with van der Waals surface area (Å²) in [6.07, 6.45) is 2.92. The number of likely N-dealkylation sites (N-methyl/N-ethyl adjacent to an activating group) is 1. The molecule has 0 aromatic heterocycles. The topological polar surface area (TPSA) is 134 Å². The van der Waals surface area contributed by atoms with E-state index in [-0.39, 0.29) is 50.1 Å². The first-order chi connectivity index (χ1) is 15.8. The predicted octanol–water partition coefficient (Wildman–Crippen LogP) is -1.31. The minimum absolute atomic E-state index is 0.0113. The summed E-state index contributed by atoms with van der Waals surface area (Å²) in [4.78, 5) is 53.4. The molecule has 2 heterocycles. The van der Waals surface area contributed by atoms with Crippen molar-refractivity contribution in [3.63, 3.8) is 0 Å². The van der Waals surface area contributed by atoms with E-state index >= 15 is 0 Å². The zero-order chi connectivity index (χ0) is 24.1. The van der Waals surface area contributed by atoms with Crippen molar-refractivity contribution in [1.29, 1.82) is 0 Å². The van der Waals surface area contributed by atoms with Crippen LogP contribution in [-0.4, -0.2) is 122 Å². The molecule has 0 radical (unpaired) electrons. The summed E-state index contributed by atoms with van der Waals surface area (Å²) in [5, 5.41) is 16.6. The van der Waals surface area contributed by atoms with Gasteiger partial charge in [0.15, 0.2) is 0 Å². The molecule has 1 unspecified atom stereocenters. The molecular weight excluding hydrogens is 442 g/mol. The summed E-state index contributed by atoms with van der Waals surface area (Å²) >= 11 is 0. The molecule has 0 aliphatic carbocycles. The zero-order valence-corrected chi connectivity index (χ0v) is 19.8. The highest BCUT2D eigenvalue weighted by atomic mass is 16.5. The number of carbonyl (C=O) groups is 4. The van der Waals surface area contributed by atoms with E-state index in [0.29, 0.717) is 25.6 Å². The number of nitrogens with one attached hydrogen (secondary N) is 3. The Hall–Kier alpha value is -2.24. The Morgan fingerprint density at radius 1 is 0.818 bits per heavy atom. The van der Waals surface area contributed by atoms with Crippen molar-refractivity contribution in [3.05, 3.63) is 0 Å². The Morgan fingerprint density at radius 2 is 1.42 bits per heavy atom. The number of hydrogen-bond donors (Lipinski definition) is 4. The lowest BCUT2D eigenvalue weighted by molar-refractivity contribution is -0.137. The van der Waals surface area contributed by atoms with Crippen LogP contribution in [0.4, 0.5) is 0 Å². The molecule has 0 bridgehead atoms. The molecule has 2 aliphatic rings. The number of carboxylic acids is 1. The predicted molar refractivity (Wildman–Crippen MR) is 124 cm³/mol. The van der Waals surface area contributed by atoms with Crippen molar-refractivity contribution >= 4 is 23.7 Å². The highest BCUT2D eigenvalue weighted by Crippen LogP contribution is 2.18. The standard InChI is InChI=1S/C22H40N6O5/c1-26-12-14-27(15-13-26)16-18-4-3-11-28(18)17-21(31)25-10-7-20(30)24-9-6-19(29)23-8-2-5-22(32)33/h18H,2-17H2,1H3,(H,23,29)(H,24,30)(H,25,31)(H,32,33)/i2+1,5+1,6+1,7+1,8+1,9+1,10+1,16+1,19+1,20+1,22+1,23+1,27+1,28+1. The van der Waals surface area contributed by atoms with Crippen LogP contribution in [0.25, 0.3) is 0 Å². The first-order valence-corrected chi connectivity index (χ1v) is 12.0. The van der Waals surface area contributed by atoms with Crippen LogP contribution < -0.4 is 16.0 Å². The second kappa shape index (κ2) is 14.8. The van der Waals surface area contributed by atoms with Gasteiger partial charge in [0, 0.05) is 77.7 Å². The van der Waals surface area contributed by atoms with Crippen LogP contribution in [-0.2, 0) is 19.2 Å². The highest BCUT2D eigenvalue weighted by molar-refractivity contribution is 5.81. The van der Waals surface area contributed by atoms with E-state index in [1.807, 2.05) is 0 Å². The molecule has 188 valence electrons. The van der Waals surface area contributed by atoms with Crippen molar-refractivity contribution in [3.8, 4) is 0 Å². The maximum Gasteiger partial charge on any atom is 0.303 e. The fraction of sp³-hybridized carbons (Fsp3) is 0.818. The van der Waals surface area contributed by atoms with Crippen molar-refractivity contribution in [1.82, 2.24) is 30.7 Å². The van der Waals surface area contributed by atoms with Gasteiger partial charge in [0.25, 0.3) is 0 Å². The minimum atomic E-state index is -0.894. The molecule has 0 aromatic carbocycles. The van der Waals surface area contributed by atoms with Crippen LogP contribution in [0.2, 0.25) is 0 Å². The van der Waals surface area contributed by atoms with E-state index in [9.17, 15) is 19.2 Å². The third-order valence-electron chi connectivity index (χ3n) is 6.15. The van der Waals surface area contributed by atoms with Gasteiger partial charge < -0.3 is 26.0 Å². The van der Waals surface area contributed by atoms with E-state index in [1.165, 1.54) is 0 Å². The molecule has 1 atom stereocenters. The lowest BCUT2D eigenvalue weighted by Crippen LogP contribution is -2.50. The fourth-order valence-electron chi connectivity index (χ4n) is 4.15. The summed E-state index contributed by atoms with van der Waals surface area (Å²) in [6.45, 7) is 7.42. The lowest BCUT2D eigenvalue weighted by atomic mass is 10.3. The molecule has 2 aliphatic heterocycles. The molecule has 33 heavy (non-hydrogen) atoms. The maximum atomic E-state index is 12.3. The molecule has 4 N–H and O–H groups in total. The monoisotopic (exact) mass is 482 g/mol. The van der Waals surface area contributed by atoms with Gasteiger partial charge >= 0.3 is 5.97 Å². The Labute approximate surface area is 196 Å². The van der Waals surface area contributed by atoms with Crippen LogP contribution in [0.3, 0.4) is 0 Å². The van der Waals surface area contributed by atoms with Crippen LogP contribution in [0.5, 0.6) is 0 Å². The van der Waals surface area contributed by atoms with E-state index in [4.69, 9.17) is 5.11 Å². The summed E-state index contributed by atoms with van der Waals surface area (Å²) in [5.74, 6) is -1.41. The first-order valence-electron chi connectivity index (χ1n) is 12.0. The zero-order valence-electron chi connectivity index (χ0n) is 19.8. The van der Waals surface area contributed by atoms with Crippen LogP contribution in [0.15, 0.2) is 0 Å². The van der Waals surface area contributed by atoms with Gasteiger partial charge in [0.2, 0.25) is 17.7 Å². The van der Waals surface area contributed by atoms with Gasteiger partial charge in [-0.2, -0.15) is 0 Å². The summed E-state index contributed by atoms with van der Waals surface area (Å²) in [5.41, 5.74) is 0. The number of carbonyl (C=O) groups excluding carboxylic acids is 3. The van der Waals surface area contributed by atoms with Crippen LogP contribution in [0, 0.1) is 0 Å². The molecule has 3 amide bonds. The SMILES string of the molecule is CN1CC[15N]([13CH2]C2CCC[15N]2CC(=O)N[13CH2][13CH2][13C](=O)N[13CH2][13CH2][13C](=O)[15NH][13CH2][13CH2][13CH2][13C](=O)O)CC1. The average molecular weight is 482 g/mol. The van der Waals surface area contributed by atoms with Gasteiger partial charge in [0.1, 0.15) is 0 Å². The summed E-state index contributed by atoms with van der Waals surface area (Å²) in [7, 11) is 2.15. The van der Waals surface area contributed by atoms with Gasteiger partial charge in [-0.3, -0.25) is 29.0 Å². The number of amides is 3. The number of rotatable bonds is 14. The second-order valence-corrected chi connectivity index (χ2v) is 8.92. The molecule has 11 heteroatoms. The molecular formula is C22H40N6O5. The Balaban J connectivity index is 1.52. The number of carboxylic acid groups (broad SMARTS) is 1. The first kappa shape index (κ1) is 27.0. The van der Waals surface area contributed by atoms with Crippen LogP contribution in [0.1, 0.15) is 38.5 Å². The van der Waals surface area contributed by atoms with E-state index in [2.05, 4.69) is 37.7 Å². The van der Waals surface area contributed by atoms with Crippen molar-refractivity contribution < 1.29 is 24.3 Å². The lowest BCUT2D eigenvalue weighted by Gasteiger charge is -2.36. The van der Waals surface area contributed by atoms with Gasteiger partial charge in [-0.25, -0.2) is 0 Å². The number of nitrogens with zero attached hydrogens (tertiary/aromatic N) is 3. The van der Waals surface area contributed by atoms with Crippen LogP contribution >= 0.6 is 0 Å². The van der Waals surface area contributed by atoms with E-state index in [1.54, 1.807) is 0 Å². The van der Waals surface area contributed by atoms with Gasteiger partial charge in [0.05, 0.1) is 6.54 Å². The van der Waals surface area contributed by atoms with E-state index in [0.717, 1.165) is 52.1 Å². The van der Waals surface area contributed by atoms with Crippen molar-refractivity contribution in [2.24, 2.45) is 0 Å². The minimum Gasteiger partial charge on any atom is -0.481 e. The molecule has 0 spiro atoms. The van der Waals surface area contributed by atoms with Crippen molar-refractivity contribution in [2.45, 2.75) is 44.6 Å². The van der Waals surface area contributed by atoms with Crippen molar-refractivity contribution in [2.75, 3.05) is 72.5 Å². The van der Waals surface area contributed by atoms with Gasteiger partial charge in [-0.15, -0.1) is 0 Å². The molecule has 2 fully saturated rings. The highest BCUT2D eigenvalue weighted by Gasteiger charge is 2.28. The maximum absolute atomic E-state index is 12.3. The summed E-state index contributed by atoms with van der Waals surface area (Å²) < 4.78 is 0. The molecule has 2 saturated heterocycles. The second-order valence-electron chi connectivity index (χ2n) is 8.92. The molecule has 11 nitrogen and oxygen atoms in total. The molecule has 2 rings (SSSR count). The fourth-order valence-corrected chi connectivity index (χ4v) is 4.15. The quantitative estimate of drug-likeness (QED) is 0.136. The smallest absolute Gasteiger partial charge is 0.303 e. The number of likely N-dealkylation sites (tertiary alicyclic amines) is 1. The normalized spacial score (nSPS) is 19.8. The number of piperazine rings is 1. The number of hydrogen-bond acceptors (Lipinski definition) is 7. The Kier molecular flexibility index (Phi) is 12.1. The Bertz CT molecular complexity index is 653. The average Bonchev–Trinajstić information content (AvgIpc) is 3.19. The van der Waals surface area contributed by atoms with Gasteiger partial charge in [-0.05, 0) is 32.9 Å². The molecule has 0 saturated carbocycles. The number of aliphatic carboxylic acids is 1. The van der Waals surface area contributed by atoms with Gasteiger partial charge in [-0.1, -0.05) is 0 Å². The largest absolute Gasteiger partial charge is 0.481 e. The Morgan fingerprint density at radius 3 is 2.06 bits per heavy atom. The molecule has 0 aromatic rings. The van der Waals surface area contributed by atoms with E-state index < -0.39 is 5.97 Å².